The molecule has 0 heterocycles. The first-order chi connectivity index (χ1) is 8.90. The van der Waals surface area contributed by atoms with Gasteiger partial charge in [0.15, 0.2) is 0 Å². The minimum absolute atomic E-state index is 0.489. The van der Waals surface area contributed by atoms with E-state index in [-0.39, 0.29) is 0 Å². The molecule has 1 rings (SSSR count). The van der Waals surface area contributed by atoms with Crippen LogP contribution in [-0.2, 0) is 4.74 Å². The molecule has 0 spiro atoms. The van der Waals surface area contributed by atoms with Crippen molar-refractivity contribution in [1.82, 2.24) is 0 Å². The van der Waals surface area contributed by atoms with Crippen LogP contribution in [0.5, 0.6) is 5.75 Å². The Morgan fingerprint density at radius 3 is 2.42 bits per heavy atom. The lowest BCUT2D eigenvalue weighted by Crippen LogP contribution is -2.25. The summed E-state index contributed by atoms with van der Waals surface area (Å²) >= 11 is 0. The van der Waals surface area contributed by atoms with E-state index in [1.165, 1.54) is 0 Å². The third-order valence-corrected chi connectivity index (χ3v) is 2.30. The number of carbonyl (C=O) groups excluding carboxylic acids is 1. The number of hydrogen-bond donors (Lipinski definition) is 0. The molecule has 2 radical (unpaired) electrons. The second-order valence-electron chi connectivity index (χ2n) is 5.34. The van der Waals surface area contributed by atoms with Crippen LogP contribution in [0.1, 0.15) is 45.6 Å². The van der Waals surface area contributed by atoms with Gasteiger partial charge in [-0.15, -0.1) is 0 Å². The van der Waals surface area contributed by atoms with Crippen molar-refractivity contribution in [1.29, 1.82) is 0 Å². The van der Waals surface area contributed by atoms with E-state index in [9.17, 15) is 4.79 Å². The highest BCUT2D eigenvalue weighted by molar-refractivity contribution is 5.64. The Kier molecular flexibility index (Phi) is 5.87. The van der Waals surface area contributed by atoms with Gasteiger partial charge in [-0.3, -0.25) is 0 Å². The average molecular weight is 262 g/mol. The molecule has 0 aliphatic heterocycles. The van der Waals surface area contributed by atoms with Crippen molar-refractivity contribution < 1.29 is 14.3 Å². The number of unbranched alkanes of at least 4 members (excludes halogenated alkanes) is 2. The second-order valence-corrected chi connectivity index (χ2v) is 5.34. The van der Waals surface area contributed by atoms with Gasteiger partial charge >= 0.3 is 6.16 Å². The maximum Gasteiger partial charge on any atom is 0.514 e. The SMILES string of the molecule is [CH2]CCC[CH]c1ccc(OC(=O)OC(C)(C)C)cc1. The maximum atomic E-state index is 11.5. The highest BCUT2D eigenvalue weighted by atomic mass is 16.7. The molecule has 0 N–H and O–H groups in total. The first-order valence-electron chi connectivity index (χ1n) is 6.54. The van der Waals surface area contributed by atoms with Crippen molar-refractivity contribution in [2.24, 2.45) is 0 Å². The third-order valence-electron chi connectivity index (χ3n) is 2.30. The molecular weight excluding hydrogens is 240 g/mol. The van der Waals surface area contributed by atoms with Crippen LogP contribution in [0.4, 0.5) is 4.79 Å². The zero-order valence-electron chi connectivity index (χ0n) is 11.9. The minimum Gasteiger partial charge on any atom is -0.428 e. The van der Waals surface area contributed by atoms with Gasteiger partial charge in [0.05, 0.1) is 0 Å². The van der Waals surface area contributed by atoms with E-state index in [0.717, 1.165) is 24.8 Å². The number of rotatable bonds is 5. The minimum atomic E-state index is -0.679. The average Bonchev–Trinajstić information content (AvgIpc) is 2.29. The van der Waals surface area contributed by atoms with Crippen LogP contribution in [0.15, 0.2) is 24.3 Å². The Hall–Kier alpha value is -1.51. The Morgan fingerprint density at radius 1 is 1.26 bits per heavy atom. The molecular formula is C16H22O3. The molecule has 104 valence electrons. The molecule has 1 aromatic carbocycles. The van der Waals surface area contributed by atoms with Gasteiger partial charge in [0.25, 0.3) is 0 Å². The molecule has 0 unspecified atom stereocenters. The van der Waals surface area contributed by atoms with Gasteiger partial charge in [-0.25, -0.2) is 4.79 Å². The summed E-state index contributed by atoms with van der Waals surface area (Å²) < 4.78 is 10.2. The number of hydrogen-bond acceptors (Lipinski definition) is 3. The first kappa shape index (κ1) is 15.5. The van der Waals surface area contributed by atoms with Crippen LogP contribution in [-0.4, -0.2) is 11.8 Å². The largest absolute Gasteiger partial charge is 0.514 e. The van der Waals surface area contributed by atoms with Crippen LogP contribution < -0.4 is 4.74 Å². The summed E-state index contributed by atoms with van der Waals surface area (Å²) in [5, 5.41) is 0. The lowest BCUT2D eigenvalue weighted by Gasteiger charge is -2.18. The highest BCUT2D eigenvalue weighted by Gasteiger charge is 2.17. The molecule has 3 nitrogen and oxygen atoms in total. The summed E-state index contributed by atoms with van der Waals surface area (Å²) in [6.45, 7) is 9.20. The summed E-state index contributed by atoms with van der Waals surface area (Å²) in [6, 6.07) is 7.37. The quantitative estimate of drug-likeness (QED) is 0.443. The van der Waals surface area contributed by atoms with E-state index in [1.54, 1.807) is 32.9 Å². The van der Waals surface area contributed by atoms with Crippen molar-refractivity contribution in [3.8, 4) is 5.75 Å². The topological polar surface area (TPSA) is 35.5 Å². The van der Waals surface area contributed by atoms with E-state index >= 15 is 0 Å². The molecule has 1 aromatic rings. The zero-order valence-corrected chi connectivity index (χ0v) is 11.9. The Balaban J connectivity index is 2.45. The van der Waals surface area contributed by atoms with Crippen LogP contribution in [0.3, 0.4) is 0 Å². The fourth-order valence-electron chi connectivity index (χ4n) is 1.45. The van der Waals surface area contributed by atoms with Gasteiger partial charge in [0.1, 0.15) is 11.4 Å². The Labute approximate surface area is 115 Å². The summed E-state index contributed by atoms with van der Waals surface area (Å²) in [6.07, 6.45) is 4.49. The predicted octanol–water partition coefficient (Wildman–Crippen LogP) is 4.56. The lowest BCUT2D eigenvalue weighted by atomic mass is 10.1. The Morgan fingerprint density at radius 2 is 1.89 bits per heavy atom. The number of ether oxygens (including phenoxy) is 2. The lowest BCUT2D eigenvalue weighted by molar-refractivity contribution is 0.0206. The van der Waals surface area contributed by atoms with Crippen molar-refractivity contribution in [2.45, 2.75) is 45.6 Å². The zero-order chi connectivity index (χ0) is 14.3. The molecule has 0 atom stereocenters. The van der Waals surface area contributed by atoms with E-state index in [4.69, 9.17) is 9.47 Å². The van der Waals surface area contributed by atoms with Crippen LogP contribution in [0.2, 0.25) is 0 Å². The van der Waals surface area contributed by atoms with Crippen LogP contribution >= 0.6 is 0 Å². The molecule has 0 saturated carbocycles. The smallest absolute Gasteiger partial charge is 0.428 e. The molecule has 0 aliphatic carbocycles. The molecule has 0 amide bonds. The summed E-state index contributed by atoms with van der Waals surface area (Å²) in [5.74, 6) is 0.489. The second kappa shape index (κ2) is 7.17. The predicted molar refractivity (Wildman–Crippen MR) is 75.9 cm³/mol. The molecule has 0 aliphatic rings. The van der Waals surface area contributed by atoms with Gasteiger partial charge in [-0.2, -0.15) is 0 Å². The maximum absolute atomic E-state index is 11.5. The normalized spacial score (nSPS) is 11.2. The number of benzene rings is 1. The van der Waals surface area contributed by atoms with E-state index in [2.05, 4.69) is 13.3 Å². The van der Waals surface area contributed by atoms with E-state index < -0.39 is 11.8 Å². The molecule has 0 saturated heterocycles. The standard InChI is InChI=1S/C16H22O3/c1-5-6-7-8-13-9-11-14(12-10-13)18-15(17)19-16(2,3)4/h8-12H,1,5-7H2,2-4H3. The van der Waals surface area contributed by atoms with Crippen LogP contribution in [0, 0.1) is 13.3 Å². The fraction of sp³-hybridized carbons (Fsp3) is 0.438. The fourth-order valence-corrected chi connectivity index (χ4v) is 1.45. The van der Waals surface area contributed by atoms with Gasteiger partial charge in [-0.1, -0.05) is 31.9 Å². The van der Waals surface area contributed by atoms with Crippen molar-refractivity contribution >= 4 is 6.16 Å². The van der Waals surface area contributed by atoms with Gasteiger partial charge < -0.3 is 9.47 Å². The van der Waals surface area contributed by atoms with Gasteiger partial charge in [0, 0.05) is 0 Å². The molecule has 0 aromatic heterocycles. The van der Waals surface area contributed by atoms with Gasteiger partial charge in [0.2, 0.25) is 0 Å². The van der Waals surface area contributed by atoms with E-state index in [0.29, 0.717) is 5.75 Å². The molecule has 0 bridgehead atoms. The third kappa shape index (κ3) is 6.85. The molecule has 19 heavy (non-hydrogen) atoms. The molecule has 0 fully saturated rings. The Bertz CT molecular complexity index is 387. The van der Waals surface area contributed by atoms with Gasteiger partial charge in [-0.05, 0) is 51.3 Å². The van der Waals surface area contributed by atoms with Crippen molar-refractivity contribution in [3.63, 3.8) is 0 Å². The summed E-state index contributed by atoms with van der Waals surface area (Å²) in [5.41, 5.74) is 0.573. The first-order valence-corrected chi connectivity index (χ1v) is 6.54. The van der Waals surface area contributed by atoms with Crippen molar-refractivity contribution in [2.75, 3.05) is 0 Å². The van der Waals surface area contributed by atoms with Crippen molar-refractivity contribution in [3.05, 3.63) is 43.2 Å². The summed E-state index contributed by atoms with van der Waals surface area (Å²) in [7, 11) is 0. The summed E-state index contributed by atoms with van der Waals surface area (Å²) in [4.78, 5) is 11.5. The van der Waals surface area contributed by atoms with E-state index in [1.807, 2.05) is 12.1 Å². The monoisotopic (exact) mass is 262 g/mol. The van der Waals surface area contributed by atoms with Crippen LogP contribution in [0.25, 0.3) is 0 Å². The molecule has 3 heteroatoms. The highest BCUT2D eigenvalue weighted by Crippen LogP contribution is 2.17. The number of carbonyl (C=O) groups is 1.